The number of rotatable bonds is 8. The van der Waals surface area contributed by atoms with Crippen molar-refractivity contribution < 1.29 is 176 Å². The number of aliphatic hydroxyl groups excluding tert-OH is 4. The van der Waals surface area contributed by atoms with E-state index in [0.717, 1.165) is 12.3 Å². The van der Waals surface area contributed by atoms with E-state index in [2.05, 4.69) is 8.83 Å². The van der Waals surface area contributed by atoms with Crippen molar-refractivity contribution in [2.45, 2.75) is 61.2 Å². The fourth-order valence-corrected chi connectivity index (χ4v) is 5.57. The van der Waals surface area contributed by atoms with Crippen molar-refractivity contribution in [3.05, 3.63) is 33.1 Å². The van der Waals surface area contributed by atoms with E-state index in [1.165, 1.54) is 0 Å². The fraction of sp³-hybridized carbons (Fsp3) is 0.733. The van der Waals surface area contributed by atoms with Crippen LogP contribution in [0.5, 0.6) is 0 Å². The molecule has 0 amide bonds. The molecule has 11 unspecified atom stereocenters. The number of nitrogens with one attached hydrogen (secondary N) is 1. The van der Waals surface area contributed by atoms with E-state index in [0.29, 0.717) is 4.57 Å². The summed E-state index contributed by atoms with van der Waals surface area (Å²) >= 11 is 0. The summed E-state index contributed by atoms with van der Waals surface area (Å²) in [6.07, 6.45) is -20.7. The second kappa shape index (κ2) is 15.1. The largest absolute Gasteiger partial charge is 1.00 e. The molecule has 1 aromatic heterocycles. The third-order valence-corrected chi connectivity index (χ3v) is 7.58. The number of aliphatic hydroxyl groups is 4. The number of phosphoric ester groups is 1. The van der Waals surface area contributed by atoms with Crippen molar-refractivity contribution in [3.8, 4) is 0 Å². The van der Waals surface area contributed by atoms with E-state index >= 15 is 0 Å². The first-order chi connectivity index (χ1) is 16.6. The minimum absolute atomic E-state index is 0. The molecule has 0 radical (unpaired) electrons. The zero-order valence-electron chi connectivity index (χ0n) is 19.7. The zero-order chi connectivity index (χ0) is 27.2. The molecule has 0 spiro atoms. The number of aromatic nitrogens is 2. The number of nitrogens with zero attached hydrogens (tertiary/aromatic N) is 1. The van der Waals surface area contributed by atoms with Crippen molar-refractivity contribution in [1.82, 2.24) is 9.55 Å². The molecule has 3 heterocycles. The molecule has 11 atom stereocenters. The monoisotopic (exact) mass is 642 g/mol. The Morgan fingerprint density at radius 2 is 1.61 bits per heavy atom. The summed E-state index contributed by atoms with van der Waals surface area (Å²) in [4.78, 5) is 52.7. The summed E-state index contributed by atoms with van der Waals surface area (Å²) in [5.41, 5.74) is -2.03. The smallest absolute Gasteiger partial charge is 0.851 e. The van der Waals surface area contributed by atoms with Crippen LogP contribution in [0.3, 0.4) is 0 Å². The van der Waals surface area contributed by atoms with Crippen molar-refractivity contribution >= 4 is 15.6 Å². The van der Waals surface area contributed by atoms with Gasteiger partial charge in [-0.2, -0.15) is 4.31 Å². The van der Waals surface area contributed by atoms with Crippen LogP contribution < -0.4 is 124 Å². The van der Waals surface area contributed by atoms with E-state index < -0.39 is 94.7 Å². The van der Waals surface area contributed by atoms with Gasteiger partial charge in [0.2, 0.25) is 0 Å². The first kappa shape index (κ1) is 37.9. The second-order valence-electron chi connectivity index (χ2n) is 7.84. The molecule has 1 aromatic rings. The minimum atomic E-state index is -5.83. The van der Waals surface area contributed by atoms with Crippen molar-refractivity contribution in [2.75, 3.05) is 6.61 Å². The SMILES string of the molecule is O=c1ccn(C2OC(C(OP(=O)(O)OP(=O)(O)O)C3OC(CO)C(O)C(O)C3O)C([O-])C2[O-])c(=O)[nH]1.[K+].[K+]. The van der Waals surface area contributed by atoms with Gasteiger partial charge in [0.15, 0.2) is 0 Å². The van der Waals surface area contributed by atoms with Gasteiger partial charge in [0.25, 0.3) is 5.56 Å². The number of H-pyrrole nitrogens is 1. The number of ether oxygens (including phenoxy) is 2. The van der Waals surface area contributed by atoms with Gasteiger partial charge in [-0.25, -0.2) is 13.9 Å². The molecule has 0 aromatic carbocycles. The summed E-state index contributed by atoms with van der Waals surface area (Å²) in [5, 5.41) is 65.3. The Morgan fingerprint density at radius 3 is 2.13 bits per heavy atom. The van der Waals surface area contributed by atoms with Gasteiger partial charge in [0.05, 0.1) is 12.7 Å². The molecule has 2 fully saturated rings. The van der Waals surface area contributed by atoms with Gasteiger partial charge >= 0.3 is 124 Å². The molecule has 0 aliphatic carbocycles. The summed E-state index contributed by atoms with van der Waals surface area (Å²) in [6.45, 7) is -0.990. The summed E-state index contributed by atoms with van der Waals surface area (Å²) < 4.78 is 42.6. The molecule has 2 aliphatic rings. The van der Waals surface area contributed by atoms with E-state index in [-0.39, 0.29) is 103 Å². The van der Waals surface area contributed by atoms with Crippen LogP contribution in [0.15, 0.2) is 21.9 Å². The summed E-state index contributed by atoms with van der Waals surface area (Å²) in [5.74, 6) is 0. The number of phosphoric acid groups is 2. The van der Waals surface area contributed by atoms with Gasteiger partial charge in [-0.1, -0.05) is 6.10 Å². The van der Waals surface area contributed by atoms with E-state index in [9.17, 15) is 54.3 Å². The predicted molar refractivity (Wildman–Crippen MR) is 104 cm³/mol. The van der Waals surface area contributed by atoms with Gasteiger partial charge in [0, 0.05) is 12.3 Å². The normalized spacial score (nSPS) is 36.0. The Balaban J connectivity index is 0.00000361. The van der Waals surface area contributed by atoms with Gasteiger partial charge in [-0.3, -0.25) is 18.9 Å². The number of aromatic amines is 1. The van der Waals surface area contributed by atoms with Crippen molar-refractivity contribution in [3.63, 3.8) is 0 Å². The first-order valence-electron chi connectivity index (χ1n) is 9.93. The minimum Gasteiger partial charge on any atom is -0.851 e. The number of hydrogen-bond donors (Lipinski definition) is 8. The van der Waals surface area contributed by atoms with Gasteiger partial charge in [-0.05, 0) is 0 Å². The van der Waals surface area contributed by atoms with Crippen LogP contribution in [0, 0.1) is 0 Å². The van der Waals surface area contributed by atoms with E-state index in [4.69, 9.17) is 19.3 Å². The molecule has 23 heteroatoms. The molecule has 0 saturated carbocycles. The molecule has 2 aliphatic heterocycles. The Morgan fingerprint density at radius 1 is 1.00 bits per heavy atom. The third-order valence-electron chi connectivity index (χ3n) is 5.39. The molecule has 2 saturated heterocycles. The maximum atomic E-state index is 12.8. The maximum absolute atomic E-state index is 12.8. The van der Waals surface area contributed by atoms with Crippen LogP contribution in [0.25, 0.3) is 0 Å². The molecule has 38 heavy (non-hydrogen) atoms. The van der Waals surface area contributed by atoms with Crippen LogP contribution in [-0.2, 0) is 27.4 Å². The molecule has 19 nitrogen and oxygen atoms in total. The van der Waals surface area contributed by atoms with Crippen LogP contribution >= 0.6 is 15.6 Å². The van der Waals surface area contributed by atoms with Crippen molar-refractivity contribution in [1.29, 1.82) is 0 Å². The third kappa shape index (κ3) is 8.95. The average molecular weight is 642 g/mol. The second-order valence-corrected chi connectivity index (χ2v) is 10.6. The topological polar surface area (TPSA) is 314 Å². The molecule has 8 N–H and O–H groups in total. The first-order valence-corrected chi connectivity index (χ1v) is 13.0. The fourth-order valence-electron chi connectivity index (χ4n) is 3.80. The van der Waals surface area contributed by atoms with Crippen LogP contribution in [0.1, 0.15) is 6.23 Å². The Bertz CT molecular complexity index is 1140. The van der Waals surface area contributed by atoms with Gasteiger partial charge in [-0.15, -0.1) is 6.10 Å². The van der Waals surface area contributed by atoms with Gasteiger partial charge in [0.1, 0.15) is 42.9 Å². The molecular weight excluding hydrogens is 620 g/mol. The van der Waals surface area contributed by atoms with Crippen LogP contribution in [0.4, 0.5) is 0 Å². The Kier molecular flexibility index (Phi) is 15.0. The molecule has 3 rings (SSSR count). The maximum Gasteiger partial charge on any atom is 1.00 e. The Labute approximate surface area is 297 Å². The summed E-state index contributed by atoms with van der Waals surface area (Å²) in [7, 11) is -11.5. The average Bonchev–Trinajstić information content (AvgIpc) is 3.04. The standard InChI is InChI=1S/C15H22N2O17P2.2K/c18-3-4-6(20)7(21)8(22)11(31-4)13(33-36(29,30)34-35(26,27)28)12-9(23)10(24)14(32-12)17-2-1-5(19)16-15(17)25;;/h1-2,4,6-14,18,20-22H,3H2,(H,29,30)(H,16,19,25)(H2,26,27,28);;/q-2;2*+1. The van der Waals surface area contributed by atoms with E-state index in [1.54, 1.807) is 0 Å². The van der Waals surface area contributed by atoms with Crippen LogP contribution in [-0.4, -0.2) is 106 Å². The summed E-state index contributed by atoms with van der Waals surface area (Å²) in [6, 6.07) is 0.811. The zero-order valence-corrected chi connectivity index (χ0v) is 27.7. The van der Waals surface area contributed by atoms with Crippen molar-refractivity contribution in [2.24, 2.45) is 0 Å². The molecular formula is C15H22K2N2O17P2. The number of hydrogen-bond acceptors (Lipinski definition) is 14. The Hall–Kier alpha value is 1.89. The van der Waals surface area contributed by atoms with Crippen LogP contribution in [0.2, 0.25) is 0 Å². The molecule has 0 bridgehead atoms. The molecule has 206 valence electrons. The van der Waals surface area contributed by atoms with E-state index in [1.807, 2.05) is 4.98 Å². The quantitative estimate of drug-likeness (QED) is 0.0964. The van der Waals surface area contributed by atoms with Gasteiger partial charge < -0.3 is 54.8 Å². The predicted octanol–water partition coefficient (Wildman–Crippen LogP) is -12.7.